The zero-order valence-electron chi connectivity index (χ0n) is 9.34. The van der Waals surface area contributed by atoms with Crippen molar-refractivity contribution >= 4 is 17.2 Å². The zero-order valence-corrected chi connectivity index (χ0v) is 10.2. The molecule has 0 radical (unpaired) electrons. The summed E-state index contributed by atoms with van der Waals surface area (Å²) in [6, 6.07) is 5.89. The fourth-order valence-electron chi connectivity index (χ4n) is 1.59. The van der Waals surface area contributed by atoms with Gasteiger partial charge in [0.1, 0.15) is 10.8 Å². The van der Waals surface area contributed by atoms with Crippen LogP contribution in [0, 0.1) is 5.82 Å². The molecule has 2 aromatic rings. The third kappa shape index (κ3) is 2.78. The molecule has 0 spiro atoms. The van der Waals surface area contributed by atoms with Crippen LogP contribution in [0.4, 0.5) is 4.39 Å². The number of benzene rings is 1. The van der Waals surface area contributed by atoms with E-state index in [2.05, 4.69) is 4.98 Å². The Bertz CT molecular complexity index is 654. The number of nitrogens with zero attached hydrogens (tertiary/aromatic N) is 2. The monoisotopic (exact) mass is 263 g/mol. The van der Waals surface area contributed by atoms with Gasteiger partial charge in [-0.25, -0.2) is 14.2 Å². The fraction of sp³-hybridized carbons (Fsp3) is 0.0833. The minimum Gasteiger partial charge on any atom is -0.389 e. The molecule has 1 heterocycles. The number of aromatic nitrogens is 2. The number of nitrogens with two attached hydrogens (primary N) is 1. The lowest BCUT2D eigenvalue weighted by atomic mass is 10.1. The minimum absolute atomic E-state index is 0.120. The first-order valence-corrected chi connectivity index (χ1v) is 5.58. The van der Waals surface area contributed by atoms with Gasteiger partial charge in [0.25, 0.3) is 0 Å². The molecule has 0 saturated carbocycles. The Labute approximate surface area is 108 Å². The van der Waals surface area contributed by atoms with Crippen LogP contribution in [-0.2, 0) is 6.54 Å². The summed E-state index contributed by atoms with van der Waals surface area (Å²) in [4.78, 5) is 15.2. The summed E-state index contributed by atoms with van der Waals surface area (Å²) < 4.78 is 14.7. The summed E-state index contributed by atoms with van der Waals surface area (Å²) in [5.41, 5.74) is 6.11. The van der Waals surface area contributed by atoms with Gasteiger partial charge in [0.05, 0.1) is 6.54 Å². The van der Waals surface area contributed by atoms with Gasteiger partial charge in [-0.05, 0) is 29.8 Å². The number of hydrogen-bond acceptors (Lipinski definition) is 3. The first-order valence-electron chi connectivity index (χ1n) is 5.17. The van der Waals surface area contributed by atoms with Crippen molar-refractivity contribution in [3.63, 3.8) is 0 Å². The van der Waals surface area contributed by atoms with Gasteiger partial charge in [0.15, 0.2) is 0 Å². The van der Waals surface area contributed by atoms with Crippen molar-refractivity contribution < 1.29 is 4.39 Å². The second-order valence-electron chi connectivity index (χ2n) is 3.74. The maximum Gasteiger partial charge on any atom is 0.347 e. The van der Waals surface area contributed by atoms with Gasteiger partial charge in [-0.2, -0.15) is 0 Å². The highest BCUT2D eigenvalue weighted by Gasteiger charge is 2.04. The van der Waals surface area contributed by atoms with Gasteiger partial charge in [-0.1, -0.05) is 12.2 Å². The third-order valence-electron chi connectivity index (χ3n) is 2.38. The molecule has 4 nitrogen and oxygen atoms in total. The Hall–Kier alpha value is -2.08. The van der Waals surface area contributed by atoms with E-state index < -0.39 is 11.5 Å². The van der Waals surface area contributed by atoms with Crippen molar-refractivity contribution in [2.75, 3.05) is 0 Å². The van der Waals surface area contributed by atoms with E-state index >= 15 is 0 Å². The van der Waals surface area contributed by atoms with Gasteiger partial charge in [-0.15, -0.1) is 0 Å². The Morgan fingerprint density at radius 3 is 2.89 bits per heavy atom. The predicted molar refractivity (Wildman–Crippen MR) is 69.9 cm³/mol. The summed E-state index contributed by atoms with van der Waals surface area (Å²) in [7, 11) is 0. The van der Waals surface area contributed by atoms with E-state index in [1.165, 1.54) is 22.9 Å². The number of thiocarbonyl (C=S) groups is 1. The van der Waals surface area contributed by atoms with E-state index in [0.717, 1.165) is 0 Å². The Balaban J connectivity index is 2.38. The fourth-order valence-corrected chi connectivity index (χ4v) is 1.71. The molecule has 1 aromatic carbocycles. The molecule has 0 amide bonds. The van der Waals surface area contributed by atoms with E-state index in [-0.39, 0.29) is 11.5 Å². The molecule has 0 saturated heterocycles. The zero-order chi connectivity index (χ0) is 13.1. The van der Waals surface area contributed by atoms with Crippen LogP contribution < -0.4 is 11.4 Å². The summed E-state index contributed by atoms with van der Waals surface area (Å²) in [5, 5.41) is 0. The van der Waals surface area contributed by atoms with E-state index in [0.29, 0.717) is 11.1 Å². The van der Waals surface area contributed by atoms with Crippen molar-refractivity contribution in [1.29, 1.82) is 0 Å². The molecule has 1 aromatic heterocycles. The summed E-state index contributed by atoms with van der Waals surface area (Å²) >= 11 is 4.80. The quantitative estimate of drug-likeness (QED) is 0.841. The smallest absolute Gasteiger partial charge is 0.347 e. The minimum atomic E-state index is -0.438. The van der Waals surface area contributed by atoms with Gasteiger partial charge < -0.3 is 5.73 Å². The molecule has 6 heteroatoms. The van der Waals surface area contributed by atoms with Crippen molar-refractivity contribution in [3.8, 4) is 0 Å². The summed E-state index contributed by atoms with van der Waals surface area (Å²) in [6.45, 7) is 0.222. The maximum absolute atomic E-state index is 13.4. The Morgan fingerprint density at radius 1 is 1.44 bits per heavy atom. The molecule has 18 heavy (non-hydrogen) atoms. The lowest BCUT2D eigenvalue weighted by Crippen LogP contribution is -2.22. The first kappa shape index (κ1) is 12.4. The molecule has 0 atom stereocenters. The van der Waals surface area contributed by atoms with Crippen molar-refractivity contribution in [1.82, 2.24) is 9.55 Å². The molecule has 0 aliphatic rings. The standard InChI is InChI=1S/C12H10FN3OS/c13-10-5-8(4-9(6-10)11(14)18)7-16-3-1-2-15-12(16)17/h1-6H,7H2,(H2,14,18). The van der Waals surface area contributed by atoms with Crippen molar-refractivity contribution in [2.45, 2.75) is 6.54 Å². The highest BCUT2D eigenvalue weighted by atomic mass is 32.1. The van der Waals surface area contributed by atoms with Crippen LogP contribution in [0.3, 0.4) is 0 Å². The number of hydrogen-bond donors (Lipinski definition) is 1. The van der Waals surface area contributed by atoms with E-state index in [4.69, 9.17) is 18.0 Å². The molecule has 92 valence electrons. The normalized spacial score (nSPS) is 10.3. The molecule has 2 N–H and O–H groups in total. The molecular formula is C12H10FN3OS. The van der Waals surface area contributed by atoms with E-state index in [1.807, 2.05) is 0 Å². The highest BCUT2D eigenvalue weighted by molar-refractivity contribution is 7.80. The predicted octanol–water partition coefficient (Wildman–Crippen LogP) is 1.06. The molecule has 0 unspecified atom stereocenters. The maximum atomic E-state index is 13.4. The average Bonchev–Trinajstić information content (AvgIpc) is 2.31. The second-order valence-corrected chi connectivity index (χ2v) is 4.18. The SMILES string of the molecule is NC(=S)c1cc(F)cc(Cn2cccnc2=O)c1. The topological polar surface area (TPSA) is 60.9 Å². The van der Waals surface area contributed by atoms with Gasteiger partial charge in [0, 0.05) is 18.0 Å². The van der Waals surface area contributed by atoms with Crippen LogP contribution in [-0.4, -0.2) is 14.5 Å². The first-order chi connectivity index (χ1) is 8.56. The lowest BCUT2D eigenvalue weighted by molar-refractivity contribution is 0.621. The summed E-state index contributed by atoms with van der Waals surface area (Å²) in [6.07, 6.45) is 2.99. The van der Waals surface area contributed by atoms with Gasteiger partial charge in [-0.3, -0.25) is 4.57 Å². The van der Waals surface area contributed by atoms with Crippen LogP contribution in [0.25, 0.3) is 0 Å². The Morgan fingerprint density at radius 2 is 2.22 bits per heavy atom. The van der Waals surface area contributed by atoms with Gasteiger partial charge >= 0.3 is 5.69 Å². The van der Waals surface area contributed by atoms with E-state index in [1.54, 1.807) is 18.3 Å². The third-order valence-corrected chi connectivity index (χ3v) is 2.61. The average molecular weight is 263 g/mol. The molecule has 0 bridgehead atoms. The van der Waals surface area contributed by atoms with Crippen LogP contribution in [0.1, 0.15) is 11.1 Å². The number of rotatable bonds is 3. The van der Waals surface area contributed by atoms with Crippen LogP contribution in [0.5, 0.6) is 0 Å². The molecule has 0 aliphatic carbocycles. The molecule has 0 aliphatic heterocycles. The summed E-state index contributed by atoms with van der Waals surface area (Å²) in [5.74, 6) is -0.438. The number of halogens is 1. The van der Waals surface area contributed by atoms with Crippen molar-refractivity contribution in [3.05, 3.63) is 64.1 Å². The van der Waals surface area contributed by atoms with Gasteiger partial charge in [0.2, 0.25) is 0 Å². The van der Waals surface area contributed by atoms with Crippen molar-refractivity contribution in [2.24, 2.45) is 5.73 Å². The van der Waals surface area contributed by atoms with Crippen LogP contribution >= 0.6 is 12.2 Å². The Kier molecular flexibility index (Phi) is 3.47. The van der Waals surface area contributed by atoms with E-state index in [9.17, 15) is 9.18 Å². The molecule has 0 fully saturated rings. The van der Waals surface area contributed by atoms with Crippen LogP contribution in [0.2, 0.25) is 0 Å². The molecule has 2 rings (SSSR count). The molecular weight excluding hydrogens is 253 g/mol. The lowest BCUT2D eigenvalue weighted by Gasteiger charge is -2.07. The highest BCUT2D eigenvalue weighted by Crippen LogP contribution is 2.10. The largest absolute Gasteiger partial charge is 0.389 e. The second kappa shape index (κ2) is 5.05. The van der Waals surface area contributed by atoms with Crippen LogP contribution in [0.15, 0.2) is 41.5 Å².